The van der Waals surface area contributed by atoms with Crippen LogP contribution in [0.1, 0.15) is 37.7 Å². The van der Waals surface area contributed by atoms with Crippen LogP contribution < -0.4 is 4.74 Å². The Balaban J connectivity index is 1.86. The third-order valence-corrected chi connectivity index (χ3v) is 3.51. The molecule has 0 bridgehead atoms. The van der Waals surface area contributed by atoms with Crippen molar-refractivity contribution in [1.82, 2.24) is 0 Å². The van der Waals surface area contributed by atoms with E-state index in [1.807, 2.05) is 0 Å². The highest BCUT2D eigenvalue weighted by Gasteiger charge is 2.30. The first-order valence-corrected chi connectivity index (χ1v) is 7.13. The van der Waals surface area contributed by atoms with Gasteiger partial charge in [-0.05, 0) is 56.2 Å². The molecule has 0 saturated carbocycles. The van der Waals surface area contributed by atoms with Gasteiger partial charge in [-0.2, -0.15) is 0 Å². The minimum absolute atomic E-state index is 0.240. The summed E-state index contributed by atoms with van der Waals surface area (Å²) in [5.41, 5.74) is 2.08. The summed E-state index contributed by atoms with van der Waals surface area (Å²) in [5.74, 6) is -0.240. The zero-order chi connectivity index (χ0) is 15.3. The average Bonchev–Trinajstić information content (AvgIpc) is 2.40. The predicted molar refractivity (Wildman–Crippen MR) is 74.0 cm³/mol. The second kappa shape index (κ2) is 6.98. The third-order valence-electron chi connectivity index (χ3n) is 3.51. The molecule has 5 heteroatoms. The Morgan fingerprint density at radius 2 is 1.81 bits per heavy atom. The first-order valence-electron chi connectivity index (χ1n) is 7.13. The molecule has 0 aliphatic heterocycles. The van der Waals surface area contributed by atoms with Crippen LogP contribution in [0.25, 0.3) is 0 Å². The Kier molecular flexibility index (Phi) is 5.28. The summed E-state index contributed by atoms with van der Waals surface area (Å²) < 4.78 is 39.9. The Morgan fingerprint density at radius 3 is 2.38 bits per heavy atom. The number of aliphatic hydroxyl groups excluding tert-OH is 1. The monoisotopic (exact) mass is 300 g/mol. The zero-order valence-corrected chi connectivity index (χ0v) is 11.7. The van der Waals surface area contributed by atoms with Crippen molar-refractivity contribution in [1.29, 1.82) is 0 Å². The van der Waals surface area contributed by atoms with Gasteiger partial charge in [0, 0.05) is 0 Å². The van der Waals surface area contributed by atoms with E-state index in [9.17, 15) is 18.3 Å². The quantitative estimate of drug-likeness (QED) is 0.818. The first kappa shape index (κ1) is 15.9. The van der Waals surface area contributed by atoms with Crippen LogP contribution in [0.2, 0.25) is 0 Å². The molecule has 0 saturated heterocycles. The fourth-order valence-electron chi connectivity index (χ4n) is 2.56. The van der Waals surface area contributed by atoms with E-state index in [4.69, 9.17) is 0 Å². The Hall–Kier alpha value is -1.49. The Morgan fingerprint density at radius 1 is 1.10 bits per heavy atom. The van der Waals surface area contributed by atoms with Gasteiger partial charge in [0.15, 0.2) is 0 Å². The molecule has 116 valence electrons. The summed E-state index contributed by atoms with van der Waals surface area (Å²) in [4.78, 5) is 0. The second-order valence-electron chi connectivity index (χ2n) is 5.36. The van der Waals surface area contributed by atoms with Gasteiger partial charge in [-0.1, -0.05) is 23.8 Å². The molecule has 1 N–H and O–H groups in total. The molecule has 1 aromatic carbocycles. The summed E-state index contributed by atoms with van der Waals surface area (Å²) in [6.07, 6.45) is 2.58. The minimum atomic E-state index is -4.67. The van der Waals surface area contributed by atoms with E-state index in [0.29, 0.717) is 12.8 Å². The highest BCUT2D eigenvalue weighted by Crippen LogP contribution is 2.25. The largest absolute Gasteiger partial charge is 0.573 e. The summed E-state index contributed by atoms with van der Waals surface area (Å²) in [7, 11) is 0. The SMILES string of the molecule is OC(CC1=CCCCC1)Cc1ccc(OC(F)(F)F)cc1. The molecule has 1 aromatic rings. The lowest BCUT2D eigenvalue weighted by Gasteiger charge is -2.17. The number of alkyl halides is 3. The van der Waals surface area contributed by atoms with E-state index >= 15 is 0 Å². The molecule has 2 nitrogen and oxygen atoms in total. The highest BCUT2D eigenvalue weighted by atomic mass is 19.4. The van der Waals surface area contributed by atoms with E-state index in [0.717, 1.165) is 18.4 Å². The van der Waals surface area contributed by atoms with Gasteiger partial charge < -0.3 is 9.84 Å². The maximum Gasteiger partial charge on any atom is 0.573 e. The van der Waals surface area contributed by atoms with Gasteiger partial charge in [0.05, 0.1) is 6.10 Å². The van der Waals surface area contributed by atoms with Crippen molar-refractivity contribution in [2.24, 2.45) is 0 Å². The van der Waals surface area contributed by atoms with Crippen LogP contribution in [0.3, 0.4) is 0 Å². The topological polar surface area (TPSA) is 29.5 Å². The summed E-state index contributed by atoms with van der Waals surface area (Å²) in [6, 6.07) is 5.66. The van der Waals surface area contributed by atoms with Crippen molar-refractivity contribution >= 4 is 0 Å². The molecule has 1 unspecified atom stereocenters. The minimum Gasteiger partial charge on any atom is -0.406 e. The molecule has 21 heavy (non-hydrogen) atoms. The van der Waals surface area contributed by atoms with Gasteiger partial charge in [-0.15, -0.1) is 13.2 Å². The molecule has 0 spiro atoms. The predicted octanol–water partition coefficient (Wildman–Crippen LogP) is 4.38. The summed E-state index contributed by atoms with van der Waals surface area (Å²) in [6.45, 7) is 0. The molecule has 0 fully saturated rings. The van der Waals surface area contributed by atoms with E-state index in [-0.39, 0.29) is 5.75 Å². The van der Waals surface area contributed by atoms with Crippen molar-refractivity contribution in [3.63, 3.8) is 0 Å². The van der Waals surface area contributed by atoms with Crippen molar-refractivity contribution in [3.05, 3.63) is 41.5 Å². The third kappa shape index (κ3) is 5.79. The number of halogens is 3. The maximum atomic E-state index is 12.0. The van der Waals surface area contributed by atoms with E-state index in [2.05, 4.69) is 10.8 Å². The second-order valence-corrected chi connectivity index (χ2v) is 5.36. The molecule has 1 aliphatic rings. The van der Waals surface area contributed by atoms with Crippen LogP contribution >= 0.6 is 0 Å². The number of hydrogen-bond donors (Lipinski definition) is 1. The van der Waals surface area contributed by atoms with Gasteiger partial charge in [0.1, 0.15) is 5.75 Å². The lowest BCUT2D eigenvalue weighted by atomic mass is 9.93. The summed E-state index contributed by atoms with van der Waals surface area (Å²) >= 11 is 0. The van der Waals surface area contributed by atoms with Crippen LogP contribution in [0.5, 0.6) is 5.75 Å². The van der Waals surface area contributed by atoms with Crippen LogP contribution in [-0.2, 0) is 6.42 Å². The van der Waals surface area contributed by atoms with Gasteiger partial charge >= 0.3 is 6.36 Å². The lowest BCUT2D eigenvalue weighted by molar-refractivity contribution is -0.274. The average molecular weight is 300 g/mol. The number of ether oxygens (including phenoxy) is 1. The zero-order valence-electron chi connectivity index (χ0n) is 11.7. The Labute approximate surface area is 122 Å². The van der Waals surface area contributed by atoms with Gasteiger partial charge in [-0.25, -0.2) is 0 Å². The van der Waals surface area contributed by atoms with E-state index in [1.54, 1.807) is 12.1 Å². The van der Waals surface area contributed by atoms with Crippen molar-refractivity contribution in [2.45, 2.75) is 51.0 Å². The van der Waals surface area contributed by atoms with Crippen molar-refractivity contribution < 1.29 is 23.0 Å². The van der Waals surface area contributed by atoms with Crippen molar-refractivity contribution in [2.75, 3.05) is 0 Å². The Bertz CT molecular complexity index is 477. The number of benzene rings is 1. The molecule has 2 rings (SSSR count). The van der Waals surface area contributed by atoms with Crippen LogP contribution in [0, 0.1) is 0 Å². The standard InChI is InChI=1S/C16H19F3O2/c17-16(18,19)21-15-8-6-13(7-9-15)11-14(20)10-12-4-2-1-3-5-12/h4,6-9,14,20H,1-3,5,10-11H2. The first-order chi connectivity index (χ1) is 9.92. The van der Waals surface area contributed by atoms with E-state index in [1.165, 1.54) is 30.5 Å². The molecule has 0 amide bonds. The van der Waals surface area contributed by atoms with Gasteiger partial charge in [0.2, 0.25) is 0 Å². The number of aliphatic hydroxyl groups is 1. The molecular weight excluding hydrogens is 281 g/mol. The molecule has 1 atom stereocenters. The van der Waals surface area contributed by atoms with E-state index < -0.39 is 12.5 Å². The molecule has 1 aliphatic carbocycles. The molecule has 0 radical (unpaired) electrons. The number of hydrogen-bond acceptors (Lipinski definition) is 2. The van der Waals surface area contributed by atoms with Crippen molar-refractivity contribution in [3.8, 4) is 5.75 Å². The summed E-state index contributed by atoms with van der Waals surface area (Å²) in [5, 5.41) is 10.1. The normalized spacial score (nSPS) is 17.2. The highest BCUT2D eigenvalue weighted by molar-refractivity contribution is 5.28. The number of allylic oxidation sites excluding steroid dienone is 1. The van der Waals surface area contributed by atoms with Crippen LogP contribution in [0.4, 0.5) is 13.2 Å². The number of rotatable bonds is 5. The van der Waals surface area contributed by atoms with Gasteiger partial charge in [0.25, 0.3) is 0 Å². The lowest BCUT2D eigenvalue weighted by Crippen LogP contribution is -2.17. The van der Waals surface area contributed by atoms with Crippen LogP contribution in [0.15, 0.2) is 35.9 Å². The fraction of sp³-hybridized carbons (Fsp3) is 0.500. The molecule has 0 heterocycles. The molecule has 0 aromatic heterocycles. The maximum absolute atomic E-state index is 12.0. The van der Waals surface area contributed by atoms with Crippen LogP contribution in [-0.4, -0.2) is 17.6 Å². The van der Waals surface area contributed by atoms with Gasteiger partial charge in [-0.3, -0.25) is 0 Å². The molecular formula is C16H19F3O2. The fourth-order valence-corrected chi connectivity index (χ4v) is 2.56. The smallest absolute Gasteiger partial charge is 0.406 e.